The fourth-order valence-corrected chi connectivity index (χ4v) is 4.30. The maximum Gasteiger partial charge on any atom is 0.417 e. The summed E-state index contributed by atoms with van der Waals surface area (Å²) in [4.78, 5) is 72.2. The van der Waals surface area contributed by atoms with Crippen LogP contribution >= 0.6 is 7.60 Å². The minimum Gasteiger partial charge on any atom is -0.460 e. The third-order valence-electron chi connectivity index (χ3n) is 4.82. The highest BCUT2D eigenvalue weighted by Crippen LogP contribution is 2.44. The Morgan fingerprint density at radius 1 is 1.00 bits per heavy atom. The van der Waals surface area contributed by atoms with E-state index >= 15 is 0 Å². The first-order valence-corrected chi connectivity index (χ1v) is 14.0. The number of carbonyl (C=O) groups excluding carboxylic acids is 4. The molecule has 0 heterocycles. The third kappa shape index (κ3) is 12.6. The van der Waals surface area contributed by atoms with Gasteiger partial charge in [-0.05, 0) is 60.5 Å². The van der Waals surface area contributed by atoms with E-state index in [2.05, 4.69) is 5.32 Å². The summed E-state index contributed by atoms with van der Waals surface area (Å²) < 4.78 is 28.3. The van der Waals surface area contributed by atoms with Gasteiger partial charge in [-0.3, -0.25) is 14.2 Å². The number of carbonyl (C=O) groups is 4. The molecule has 0 aliphatic rings. The van der Waals surface area contributed by atoms with Crippen LogP contribution in [0.25, 0.3) is 0 Å². The minimum absolute atomic E-state index is 0.225. The number of alkyl carbamates (subject to hydrolysis) is 1. The molecule has 2 unspecified atom stereocenters. The Morgan fingerprint density at radius 2 is 1.54 bits per heavy atom. The number of hydrogen-bond donors (Lipinski definition) is 4. The fourth-order valence-electron chi connectivity index (χ4n) is 3.30. The average molecular weight is 574 g/mol. The Hall–Kier alpha value is -2.99. The van der Waals surface area contributed by atoms with Gasteiger partial charge in [0.25, 0.3) is 0 Å². The molecule has 0 spiro atoms. The molecule has 1 aromatic rings. The number of rotatable bonds is 10. The fraction of sp³-hybridized carbons (Fsp3) is 0.600. The molecule has 0 saturated heterocycles. The molecule has 0 aliphatic heterocycles. The highest BCUT2D eigenvalue weighted by atomic mass is 31.2. The highest BCUT2D eigenvalue weighted by molar-refractivity contribution is 7.52. The van der Waals surface area contributed by atoms with Gasteiger partial charge in [-0.2, -0.15) is 0 Å². The summed E-state index contributed by atoms with van der Waals surface area (Å²) in [5.41, 5.74) is 4.36. The number of nitrogens with two attached hydrogens (primary N) is 1. The Balaban J connectivity index is 3.45. The number of imide groups is 1. The van der Waals surface area contributed by atoms with Crippen molar-refractivity contribution in [3.05, 3.63) is 35.9 Å². The zero-order valence-electron chi connectivity index (χ0n) is 23.4. The van der Waals surface area contributed by atoms with Crippen LogP contribution in [0.4, 0.5) is 9.59 Å². The predicted molar refractivity (Wildman–Crippen MR) is 141 cm³/mol. The third-order valence-corrected chi connectivity index (χ3v) is 6.02. The Bertz CT molecular complexity index is 1040. The highest BCUT2D eigenvalue weighted by Gasteiger charge is 2.47. The smallest absolute Gasteiger partial charge is 0.417 e. The molecular formula is C25H40N3O10P. The van der Waals surface area contributed by atoms with Gasteiger partial charge in [0.2, 0.25) is 5.91 Å². The van der Waals surface area contributed by atoms with Gasteiger partial charge in [0, 0.05) is 6.42 Å². The molecule has 3 atom stereocenters. The van der Waals surface area contributed by atoms with Gasteiger partial charge in [-0.25, -0.2) is 14.5 Å². The van der Waals surface area contributed by atoms with Crippen molar-refractivity contribution in [1.82, 2.24) is 10.2 Å². The van der Waals surface area contributed by atoms with Gasteiger partial charge in [-0.15, -0.1) is 0 Å². The molecule has 1 rings (SSSR count). The predicted octanol–water partition coefficient (Wildman–Crippen LogP) is 3.02. The average Bonchev–Trinajstić information content (AvgIpc) is 2.76. The minimum atomic E-state index is -5.30. The van der Waals surface area contributed by atoms with Gasteiger partial charge in [0.05, 0.1) is 12.1 Å². The van der Waals surface area contributed by atoms with E-state index in [4.69, 9.17) is 19.9 Å². The van der Waals surface area contributed by atoms with Gasteiger partial charge < -0.3 is 35.0 Å². The van der Waals surface area contributed by atoms with Crippen LogP contribution in [-0.4, -0.2) is 67.8 Å². The molecule has 0 fully saturated rings. The number of amides is 3. The summed E-state index contributed by atoms with van der Waals surface area (Å²) in [7, 11) is -5.30. The van der Waals surface area contributed by atoms with Crippen LogP contribution in [0.2, 0.25) is 0 Å². The number of esters is 1. The SMILES string of the molecule is C[C@H](N)C(=O)N(C(=O)OC(C)(C)C)C(CCC(=O)OC(C)(C)C)C(NC(=O)OCc1ccccc1)P(=O)(O)O. The largest absolute Gasteiger partial charge is 0.460 e. The van der Waals surface area contributed by atoms with Crippen molar-refractivity contribution in [3.8, 4) is 0 Å². The monoisotopic (exact) mass is 573 g/mol. The van der Waals surface area contributed by atoms with Crippen molar-refractivity contribution in [3.63, 3.8) is 0 Å². The molecule has 220 valence electrons. The summed E-state index contributed by atoms with van der Waals surface area (Å²) >= 11 is 0. The molecule has 0 radical (unpaired) electrons. The van der Waals surface area contributed by atoms with Crippen molar-refractivity contribution in [2.24, 2.45) is 5.73 Å². The molecule has 5 N–H and O–H groups in total. The lowest BCUT2D eigenvalue weighted by atomic mass is 10.1. The quantitative estimate of drug-likeness (QED) is 0.182. The molecule has 1 aromatic carbocycles. The van der Waals surface area contributed by atoms with Crippen LogP contribution in [0.1, 0.15) is 66.9 Å². The number of hydrogen-bond acceptors (Lipinski definition) is 9. The summed E-state index contributed by atoms with van der Waals surface area (Å²) in [5.74, 6) is -3.98. The van der Waals surface area contributed by atoms with Gasteiger partial charge in [-0.1, -0.05) is 30.3 Å². The molecule has 13 nitrogen and oxygen atoms in total. The van der Waals surface area contributed by atoms with Crippen molar-refractivity contribution >= 4 is 31.7 Å². The van der Waals surface area contributed by atoms with E-state index in [0.29, 0.717) is 10.5 Å². The summed E-state index contributed by atoms with van der Waals surface area (Å²) in [5, 5.41) is 2.07. The molecular weight excluding hydrogens is 533 g/mol. The second-order valence-electron chi connectivity index (χ2n) is 10.9. The molecule has 0 aromatic heterocycles. The van der Waals surface area contributed by atoms with Crippen molar-refractivity contribution < 1.29 is 47.7 Å². The van der Waals surface area contributed by atoms with E-state index in [1.54, 1.807) is 51.1 Å². The van der Waals surface area contributed by atoms with Crippen molar-refractivity contribution in [1.29, 1.82) is 0 Å². The second-order valence-corrected chi connectivity index (χ2v) is 12.6. The Labute approximate surface area is 228 Å². The number of benzene rings is 1. The lowest BCUT2D eigenvalue weighted by molar-refractivity contribution is -0.155. The Morgan fingerprint density at radius 3 is 2.00 bits per heavy atom. The second kappa shape index (κ2) is 13.9. The first kappa shape index (κ1) is 34.0. The van der Waals surface area contributed by atoms with Crippen LogP contribution < -0.4 is 11.1 Å². The lowest BCUT2D eigenvalue weighted by Crippen LogP contribution is -2.59. The molecule has 14 heteroatoms. The maximum absolute atomic E-state index is 13.2. The first-order chi connectivity index (χ1) is 17.7. The molecule has 3 amide bonds. The van der Waals surface area contributed by atoms with Gasteiger partial charge in [0.1, 0.15) is 17.8 Å². The molecule has 0 bridgehead atoms. The maximum atomic E-state index is 13.2. The van der Waals surface area contributed by atoms with Crippen molar-refractivity contribution in [2.45, 2.75) is 97.0 Å². The zero-order chi connectivity index (χ0) is 30.2. The number of ether oxygens (including phenoxy) is 3. The van der Waals surface area contributed by atoms with E-state index in [1.807, 2.05) is 0 Å². The molecule has 0 aliphatic carbocycles. The van der Waals surface area contributed by atoms with Crippen LogP contribution in [0.3, 0.4) is 0 Å². The van der Waals surface area contributed by atoms with Crippen molar-refractivity contribution in [2.75, 3.05) is 0 Å². The van der Waals surface area contributed by atoms with E-state index < -0.39 is 73.6 Å². The zero-order valence-corrected chi connectivity index (χ0v) is 24.3. The molecule has 0 saturated carbocycles. The normalized spacial score (nSPS) is 14.4. The topological polar surface area (TPSA) is 195 Å². The number of nitrogens with zero attached hydrogens (tertiary/aromatic N) is 1. The first-order valence-electron chi connectivity index (χ1n) is 12.3. The van der Waals surface area contributed by atoms with E-state index in [9.17, 15) is 33.5 Å². The van der Waals surface area contributed by atoms with Gasteiger partial charge in [0.15, 0.2) is 5.78 Å². The standard InChI is InChI=1S/C25H40N3O10P/c1-16(26)21(30)28(23(32)38-25(5,6)7)18(13-14-19(29)37-24(2,3)4)20(39(33,34)35)27-22(31)36-15-17-11-9-8-10-12-17/h8-12,16,18,20H,13-15,26H2,1-7H3,(H,27,31)(H2,33,34,35)/t16-,18?,20?/m0/s1. The van der Waals surface area contributed by atoms with E-state index in [0.717, 1.165) is 0 Å². The summed E-state index contributed by atoms with van der Waals surface area (Å²) in [6, 6.07) is 5.44. The lowest BCUT2D eigenvalue weighted by Gasteiger charge is -2.37. The number of nitrogens with one attached hydrogen (secondary N) is 1. The van der Waals surface area contributed by atoms with Crippen LogP contribution in [0.15, 0.2) is 30.3 Å². The van der Waals surface area contributed by atoms with Crippen LogP contribution in [-0.2, 0) is 35.0 Å². The van der Waals surface area contributed by atoms with Crippen LogP contribution in [0.5, 0.6) is 0 Å². The summed E-state index contributed by atoms with van der Waals surface area (Å²) in [6.07, 6.45) is -3.46. The summed E-state index contributed by atoms with van der Waals surface area (Å²) in [6.45, 7) is 10.5. The Kier molecular flexibility index (Phi) is 12.1. The van der Waals surface area contributed by atoms with Gasteiger partial charge >= 0.3 is 25.8 Å². The van der Waals surface area contributed by atoms with E-state index in [1.165, 1.54) is 27.7 Å². The van der Waals surface area contributed by atoms with E-state index in [-0.39, 0.29) is 6.61 Å². The van der Waals surface area contributed by atoms with Crippen LogP contribution in [0, 0.1) is 0 Å². The molecule has 39 heavy (non-hydrogen) atoms.